The van der Waals surface area contributed by atoms with Gasteiger partial charge < -0.3 is 14.8 Å². The Kier molecular flexibility index (Phi) is 6.88. The third-order valence-electron chi connectivity index (χ3n) is 3.57. The Morgan fingerprint density at radius 2 is 1.76 bits per heavy atom. The van der Waals surface area contributed by atoms with Crippen molar-refractivity contribution < 1.29 is 19.1 Å². The lowest BCUT2D eigenvalue weighted by molar-refractivity contribution is -0.144. The molecule has 0 radical (unpaired) electrons. The van der Waals surface area contributed by atoms with Crippen molar-refractivity contribution in [2.24, 2.45) is 5.92 Å². The van der Waals surface area contributed by atoms with E-state index in [0.717, 1.165) is 12.0 Å². The zero-order valence-corrected chi connectivity index (χ0v) is 13.0. The summed E-state index contributed by atoms with van der Waals surface area (Å²) in [6, 6.07) is 6.76. The molecule has 5 heteroatoms. The predicted molar refractivity (Wildman–Crippen MR) is 79.9 cm³/mol. The van der Waals surface area contributed by atoms with Crippen molar-refractivity contribution >= 4 is 11.9 Å². The molecule has 0 spiro atoms. The van der Waals surface area contributed by atoms with Gasteiger partial charge >= 0.3 is 11.9 Å². The fraction of sp³-hybridized carbons (Fsp3) is 0.500. The largest absolute Gasteiger partial charge is 0.468 e. The molecule has 0 fully saturated rings. The third-order valence-corrected chi connectivity index (χ3v) is 3.57. The molecule has 0 amide bonds. The number of ether oxygens (including phenoxy) is 2. The van der Waals surface area contributed by atoms with Gasteiger partial charge in [-0.15, -0.1) is 0 Å². The van der Waals surface area contributed by atoms with Gasteiger partial charge in [0.15, 0.2) is 0 Å². The van der Waals surface area contributed by atoms with Gasteiger partial charge in [-0.25, -0.2) is 4.79 Å². The first-order valence-electron chi connectivity index (χ1n) is 7.01. The molecular formula is C16H23NO4. The molecule has 1 aromatic rings. The van der Waals surface area contributed by atoms with Crippen LogP contribution in [0.25, 0.3) is 0 Å². The van der Waals surface area contributed by atoms with Crippen molar-refractivity contribution in [1.82, 2.24) is 5.32 Å². The normalized spacial score (nSPS) is 13.3. The zero-order valence-electron chi connectivity index (χ0n) is 13.0. The van der Waals surface area contributed by atoms with Gasteiger partial charge in [0.25, 0.3) is 0 Å². The molecule has 0 bridgehead atoms. The fourth-order valence-corrected chi connectivity index (χ4v) is 1.98. The van der Waals surface area contributed by atoms with Crippen LogP contribution in [0.1, 0.15) is 36.2 Å². The summed E-state index contributed by atoms with van der Waals surface area (Å²) >= 11 is 0. The number of rotatable bonds is 7. The van der Waals surface area contributed by atoms with Crippen LogP contribution in [0.4, 0.5) is 0 Å². The van der Waals surface area contributed by atoms with E-state index in [2.05, 4.69) is 10.1 Å². The molecule has 5 nitrogen and oxygen atoms in total. The Hall–Kier alpha value is -1.88. The van der Waals surface area contributed by atoms with Crippen LogP contribution < -0.4 is 5.32 Å². The number of benzene rings is 1. The molecule has 1 aromatic carbocycles. The maximum absolute atomic E-state index is 11.8. The number of nitrogens with one attached hydrogen (secondary N) is 1. The summed E-state index contributed by atoms with van der Waals surface area (Å²) in [5, 5.41) is 3.21. The van der Waals surface area contributed by atoms with E-state index in [-0.39, 0.29) is 23.9 Å². The highest BCUT2D eigenvalue weighted by molar-refractivity contribution is 5.89. The molecule has 0 saturated carbocycles. The van der Waals surface area contributed by atoms with Crippen LogP contribution in [0.3, 0.4) is 0 Å². The Balaban J connectivity index is 2.67. The minimum absolute atomic E-state index is 0.187. The summed E-state index contributed by atoms with van der Waals surface area (Å²) < 4.78 is 9.48. The highest BCUT2D eigenvalue weighted by Crippen LogP contribution is 2.11. The van der Waals surface area contributed by atoms with Gasteiger partial charge in [-0.1, -0.05) is 32.4 Å². The molecule has 1 N–H and O–H groups in total. The summed E-state index contributed by atoms with van der Waals surface area (Å²) in [6.07, 6.45) is 0.883. The van der Waals surface area contributed by atoms with E-state index in [0.29, 0.717) is 12.1 Å². The molecule has 0 aliphatic carbocycles. The highest BCUT2D eigenvalue weighted by Gasteiger charge is 2.24. The number of hydrogen-bond acceptors (Lipinski definition) is 5. The average molecular weight is 293 g/mol. The van der Waals surface area contributed by atoms with Gasteiger partial charge in [-0.3, -0.25) is 4.79 Å². The molecule has 2 atom stereocenters. The molecule has 2 unspecified atom stereocenters. The van der Waals surface area contributed by atoms with Crippen LogP contribution in [0.2, 0.25) is 0 Å². The maximum atomic E-state index is 11.8. The van der Waals surface area contributed by atoms with E-state index in [4.69, 9.17) is 4.74 Å². The first-order valence-corrected chi connectivity index (χ1v) is 7.01. The standard InChI is InChI=1S/C16H23NO4/c1-5-11(2)14(16(19)21-4)17-10-12-6-8-13(9-7-12)15(18)20-3/h6-9,11,14,17H,5,10H2,1-4H3. The van der Waals surface area contributed by atoms with Gasteiger partial charge in [0.2, 0.25) is 0 Å². The summed E-state index contributed by atoms with van der Waals surface area (Å²) in [5.74, 6) is -0.427. The van der Waals surface area contributed by atoms with Gasteiger partial charge in [0, 0.05) is 6.54 Å². The van der Waals surface area contributed by atoms with E-state index in [9.17, 15) is 9.59 Å². The summed E-state index contributed by atoms with van der Waals surface area (Å²) in [6.45, 7) is 4.58. The Bertz CT molecular complexity index is 470. The second-order valence-electron chi connectivity index (χ2n) is 4.96. The topological polar surface area (TPSA) is 64.6 Å². The van der Waals surface area contributed by atoms with E-state index in [1.54, 1.807) is 12.1 Å². The highest BCUT2D eigenvalue weighted by atomic mass is 16.5. The van der Waals surface area contributed by atoms with Crippen molar-refractivity contribution in [2.45, 2.75) is 32.9 Å². The molecule has 1 rings (SSSR count). The number of hydrogen-bond donors (Lipinski definition) is 1. The Morgan fingerprint density at radius 3 is 2.24 bits per heavy atom. The maximum Gasteiger partial charge on any atom is 0.337 e. The van der Waals surface area contributed by atoms with E-state index < -0.39 is 0 Å². The Morgan fingerprint density at radius 1 is 1.14 bits per heavy atom. The second kappa shape index (κ2) is 8.42. The van der Waals surface area contributed by atoms with Crippen molar-refractivity contribution in [3.8, 4) is 0 Å². The van der Waals surface area contributed by atoms with Crippen LogP contribution in [-0.4, -0.2) is 32.2 Å². The monoisotopic (exact) mass is 293 g/mol. The van der Waals surface area contributed by atoms with Crippen LogP contribution in [0.5, 0.6) is 0 Å². The van der Waals surface area contributed by atoms with Gasteiger partial charge in [-0.05, 0) is 23.6 Å². The third kappa shape index (κ3) is 4.86. The van der Waals surface area contributed by atoms with Crippen LogP contribution >= 0.6 is 0 Å². The molecule has 0 saturated heterocycles. The van der Waals surface area contributed by atoms with Gasteiger partial charge in [0.05, 0.1) is 19.8 Å². The SMILES string of the molecule is CCC(C)C(NCc1ccc(C(=O)OC)cc1)C(=O)OC. The van der Waals surface area contributed by atoms with Gasteiger partial charge in [0.1, 0.15) is 6.04 Å². The van der Waals surface area contributed by atoms with Crippen molar-refractivity contribution in [2.75, 3.05) is 14.2 Å². The summed E-state index contributed by atoms with van der Waals surface area (Å²) in [5.41, 5.74) is 1.49. The predicted octanol–water partition coefficient (Wildman–Crippen LogP) is 2.15. The van der Waals surface area contributed by atoms with Crippen molar-refractivity contribution in [3.05, 3.63) is 35.4 Å². The number of esters is 2. The molecule has 116 valence electrons. The smallest absolute Gasteiger partial charge is 0.337 e. The quantitative estimate of drug-likeness (QED) is 0.780. The number of carbonyl (C=O) groups excluding carboxylic acids is 2. The summed E-state index contributed by atoms with van der Waals surface area (Å²) in [4.78, 5) is 23.1. The average Bonchev–Trinajstić information content (AvgIpc) is 2.54. The van der Waals surface area contributed by atoms with E-state index in [1.807, 2.05) is 26.0 Å². The molecule has 0 heterocycles. The van der Waals surface area contributed by atoms with Crippen LogP contribution in [-0.2, 0) is 20.8 Å². The van der Waals surface area contributed by atoms with E-state index in [1.165, 1.54) is 14.2 Å². The van der Waals surface area contributed by atoms with Gasteiger partial charge in [-0.2, -0.15) is 0 Å². The fourth-order valence-electron chi connectivity index (χ4n) is 1.98. The number of carbonyl (C=O) groups is 2. The molecule has 0 aromatic heterocycles. The number of methoxy groups -OCH3 is 2. The second-order valence-corrected chi connectivity index (χ2v) is 4.96. The van der Waals surface area contributed by atoms with Crippen LogP contribution in [0.15, 0.2) is 24.3 Å². The molecule has 0 aliphatic rings. The minimum atomic E-state index is -0.360. The van der Waals surface area contributed by atoms with Crippen LogP contribution in [0, 0.1) is 5.92 Å². The van der Waals surface area contributed by atoms with E-state index >= 15 is 0 Å². The Labute approximate surface area is 125 Å². The first kappa shape index (κ1) is 17.2. The molecular weight excluding hydrogens is 270 g/mol. The lowest BCUT2D eigenvalue weighted by Gasteiger charge is -2.22. The van der Waals surface area contributed by atoms with Crippen molar-refractivity contribution in [1.29, 1.82) is 0 Å². The minimum Gasteiger partial charge on any atom is -0.468 e. The lowest BCUT2D eigenvalue weighted by Crippen LogP contribution is -2.42. The molecule has 0 aliphatic heterocycles. The molecule has 21 heavy (non-hydrogen) atoms. The summed E-state index contributed by atoms with van der Waals surface area (Å²) in [7, 11) is 2.75. The lowest BCUT2D eigenvalue weighted by atomic mass is 9.99. The zero-order chi connectivity index (χ0) is 15.8. The first-order chi connectivity index (χ1) is 10.0. The van der Waals surface area contributed by atoms with Crippen molar-refractivity contribution in [3.63, 3.8) is 0 Å².